The Bertz CT molecular complexity index is 940. The van der Waals surface area contributed by atoms with Crippen LogP contribution in [0.25, 0.3) is 22.5 Å². The van der Waals surface area contributed by atoms with Gasteiger partial charge in [0.15, 0.2) is 10.5 Å². The summed E-state index contributed by atoms with van der Waals surface area (Å²) >= 11 is 4.92. The van der Waals surface area contributed by atoms with Gasteiger partial charge in [0.25, 0.3) is 5.56 Å². The van der Waals surface area contributed by atoms with Crippen molar-refractivity contribution < 1.29 is 13.9 Å². The Morgan fingerprint density at radius 3 is 2.90 bits per heavy atom. The highest BCUT2D eigenvalue weighted by Crippen LogP contribution is 2.22. The normalized spacial score (nSPS) is 10.7. The SMILES string of the molecule is COC(=O)c1cc(-c2ccco2)nc2[nH]c(=S)[nH]c(=O)c12. The molecule has 0 unspecified atom stereocenters. The van der Waals surface area contributed by atoms with E-state index in [1.54, 1.807) is 12.1 Å². The molecule has 3 heterocycles. The van der Waals surface area contributed by atoms with Crippen molar-refractivity contribution in [3.05, 3.63) is 45.2 Å². The van der Waals surface area contributed by atoms with Crippen molar-refractivity contribution in [2.45, 2.75) is 0 Å². The van der Waals surface area contributed by atoms with Gasteiger partial charge in [-0.05, 0) is 30.4 Å². The standard InChI is InChI=1S/C13H9N3O4S/c1-19-12(18)6-5-7(8-3-2-4-20-8)14-10-9(6)11(17)16-13(21)15-10/h2-5H,1H3,(H2,14,15,16,17,21). The van der Waals surface area contributed by atoms with Gasteiger partial charge >= 0.3 is 5.97 Å². The van der Waals surface area contributed by atoms with Crippen LogP contribution >= 0.6 is 12.2 Å². The van der Waals surface area contributed by atoms with Gasteiger partial charge in [0, 0.05) is 0 Å². The number of aromatic amines is 2. The number of H-pyrrole nitrogens is 2. The minimum Gasteiger partial charge on any atom is -0.465 e. The average Bonchev–Trinajstić information content (AvgIpc) is 2.99. The molecule has 0 aliphatic rings. The van der Waals surface area contributed by atoms with Gasteiger partial charge in [-0.15, -0.1) is 0 Å². The summed E-state index contributed by atoms with van der Waals surface area (Å²) in [5, 5.41) is 0.0887. The second kappa shape index (κ2) is 4.98. The lowest BCUT2D eigenvalue weighted by molar-refractivity contribution is 0.0603. The van der Waals surface area contributed by atoms with E-state index in [2.05, 4.69) is 15.0 Å². The Morgan fingerprint density at radius 2 is 2.24 bits per heavy atom. The molecule has 0 aromatic carbocycles. The van der Waals surface area contributed by atoms with Crippen LogP contribution in [0.1, 0.15) is 10.4 Å². The summed E-state index contributed by atoms with van der Waals surface area (Å²) < 4.78 is 10.1. The third-order valence-corrected chi connectivity index (χ3v) is 3.09. The summed E-state index contributed by atoms with van der Waals surface area (Å²) in [6.45, 7) is 0. The van der Waals surface area contributed by atoms with E-state index in [4.69, 9.17) is 21.4 Å². The topological polar surface area (TPSA) is 101 Å². The second-order valence-electron chi connectivity index (χ2n) is 4.16. The van der Waals surface area contributed by atoms with Crippen LogP contribution in [0.5, 0.6) is 0 Å². The van der Waals surface area contributed by atoms with Crippen LogP contribution in [-0.4, -0.2) is 28.0 Å². The summed E-state index contributed by atoms with van der Waals surface area (Å²) in [6.07, 6.45) is 1.49. The smallest absolute Gasteiger partial charge is 0.338 e. The number of rotatable bonds is 2. The summed E-state index contributed by atoms with van der Waals surface area (Å²) in [6, 6.07) is 4.83. The highest BCUT2D eigenvalue weighted by molar-refractivity contribution is 7.71. The van der Waals surface area contributed by atoms with Crippen molar-refractivity contribution in [3.63, 3.8) is 0 Å². The molecule has 0 spiro atoms. The fourth-order valence-corrected chi connectivity index (χ4v) is 2.18. The maximum absolute atomic E-state index is 12.0. The molecule has 2 N–H and O–H groups in total. The van der Waals surface area contributed by atoms with Crippen LogP contribution in [0.15, 0.2) is 33.7 Å². The summed E-state index contributed by atoms with van der Waals surface area (Å²) in [5.41, 5.74) is 0.163. The molecule has 0 aliphatic heterocycles. The number of carbonyl (C=O) groups is 1. The number of nitrogens with zero attached hydrogens (tertiary/aromatic N) is 1. The molecule has 0 amide bonds. The fourth-order valence-electron chi connectivity index (χ4n) is 1.99. The zero-order valence-electron chi connectivity index (χ0n) is 10.8. The lowest BCUT2D eigenvalue weighted by Crippen LogP contribution is -2.15. The first kappa shape index (κ1) is 13.3. The van der Waals surface area contributed by atoms with Gasteiger partial charge in [-0.1, -0.05) is 0 Å². The van der Waals surface area contributed by atoms with Crippen LogP contribution < -0.4 is 5.56 Å². The van der Waals surface area contributed by atoms with Crippen LogP contribution in [-0.2, 0) is 4.74 Å². The van der Waals surface area contributed by atoms with E-state index in [1.807, 2.05) is 0 Å². The van der Waals surface area contributed by atoms with Gasteiger partial charge in [-0.2, -0.15) is 0 Å². The van der Waals surface area contributed by atoms with E-state index >= 15 is 0 Å². The third-order valence-electron chi connectivity index (χ3n) is 2.88. The van der Waals surface area contributed by atoms with E-state index in [9.17, 15) is 9.59 Å². The Morgan fingerprint density at radius 1 is 1.43 bits per heavy atom. The van der Waals surface area contributed by atoms with Gasteiger partial charge in [-0.25, -0.2) is 9.78 Å². The predicted octanol–water partition coefficient (Wildman–Crippen LogP) is 2.03. The maximum atomic E-state index is 12.0. The van der Waals surface area contributed by atoms with Crippen molar-refractivity contribution in [1.82, 2.24) is 15.0 Å². The van der Waals surface area contributed by atoms with Crippen LogP contribution in [0, 0.1) is 4.77 Å². The van der Waals surface area contributed by atoms with Crippen molar-refractivity contribution in [1.29, 1.82) is 0 Å². The molecule has 3 aromatic heterocycles. The number of aromatic nitrogens is 3. The van der Waals surface area contributed by atoms with Crippen molar-refractivity contribution in [3.8, 4) is 11.5 Å². The van der Waals surface area contributed by atoms with Crippen LogP contribution in [0.2, 0.25) is 0 Å². The number of methoxy groups -OCH3 is 1. The monoisotopic (exact) mass is 303 g/mol. The minimum atomic E-state index is -0.647. The first-order valence-corrected chi connectivity index (χ1v) is 6.30. The molecular weight excluding hydrogens is 294 g/mol. The summed E-state index contributed by atoms with van der Waals surface area (Å²) in [4.78, 5) is 33.4. The molecule has 21 heavy (non-hydrogen) atoms. The number of esters is 1. The van der Waals surface area contributed by atoms with E-state index in [-0.39, 0.29) is 21.4 Å². The van der Waals surface area contributed by atoms with Gasteiger partial charge in [0.1, 0.15) is 11.3 Å². The highest BCUT2D eigenvalue weighted by atomic mass is 32.1. The summed E-state index contributed by atoms with van der Waals surface area (Å²) in [7, 11) is 1.24. The molecule has 7 nitrogen and oxygen atoms in total. The Kier molecular flexibility index (Phi) is 3.15. The van der Waals surface area contributed by atoms with E-state index < -0.39 is 11.5 Å². The molecule has 8 heteroatoms. The number of carbonyl (C=O) groups excluding carboxylic acids is 1. The van der Waals surface area contributed by atoms with Crippen molar-refractivity contribution in [2.24, 2.45) is 0 Å². The van der Waals surface area contributed by atoms with Gasteiger partial charge < -0.3 is 14.1 Å². The van der Waals surface area contributed by atoms with Gasteiger partial charge in [0.2, 0.25) is 0 Å². The molecule has 0 aliphatic carbocycles. The molecule has 0 fully saturated rings. The molecular formula is C13H9N3O4S. The van der Waals surface area contributed by atoms with Gasteiger partial charge in [-0.3, -0.25) is 9.78 Å². The number of pyridine rings is 1. The first-order valence-electron chi connectivity index (χ1n) is 5.89. The Balaban J connectivity index is 2.43. The molecule has 106 valence electrons. The van der Waals surface area contributed by atoms with Crippen molar-refractivity contribution in [2.75, 3.05) is 7.11 Å². The minimum absolute atomic E-state index is 0.0846. The predicted molar refractivity (Wildman–Crippen MR) is 76.6 cm³/mol. The first-order chi connectivity index (χ1) is 10.1. The average molecular weight is 303 g/mol. The van der Waals surface area contributed by atoms with Gasteiger partial charge in [0.05, 0.1) is 24.3 Å². The van der Waals surface area contributed by atoms with Crippen LogP contribution in [0.4, 0.5) is 0 Å². The number of fused-ring (bicyclic) bond motifs is 1. The third kappa shape index (κ3) is 2.25. The summed E-state index contributed by atoms with van der Waals surface area (Å²) in [5.74, 6) is -0.187. The zero-order chi connectivity index (χ0) is 15.0. The molecule has 0 saturated heterocycles. The maximum Gasteiger partial charge on any atom is 0.338 e. The fraction of sp³-hybridized carbons (Fsp3) is 0.0769. The van der Waals surface area contributed by atoms with E-state index in [0.717, 1.165) is 0 Å². The lowest BCUT2D eigenvalue weighted by Gasteiger charge is -2.06. The Labute approximate surface area is 122 Å². The van der Waals surface area contributed by atoms with E-state index in [1.165, 1.54) is 19.4 Å². The number of ether oxygens (including phenoxy) is 1. The Hall–Kier alpha value is -2.74. The number of hydrogen-bond donors (Lipinski definition) is 2. The van der Waals surface area contributed by atoms with Crippen LogP contribution in [0.3, 0.4) is 0 Å². The molecule has 3 aromatic rings. The number of nitrogens with one attached hydrogen (secondary N) is 2. The number of furan rings is 1. The quantitative estimate of drug-likeness (QED) is 0.555. The van der Waals surface area contributed by atoms with Crippen molar-refractivity contribution >= 4 is 29.2 Å². The molecule has 0 saturated carbocycles. The largest absolute Gasteiger partial charge is 0.465 e. The molecule has 0 radical (unpaired) electrons. The molecule has 0 atom stereocenters. The zero-order valence-corrected chi connectivity index (χ0v) is 11.6. The lowest BCUT2D eigenvalue weighted by atomic mass is 10.1. The van der Waals surface area contributed by atoms with E-state index in [0.29, 0.717) is 11.5 Å². The molecule has 0 bridgehead atoms. The highest BCUT2D eigenvalue weighted by Gasteiger charge is 2.18. The molecule has 3 rings (SSSR count). The number of hydrogen-bond acceptors (Lipinski definition) is 6. The second-order valence-corrected chi connectivity index (χ2v) is 4.56.